The van der Waals surface area contributed by atoms with Crippen LogP contribution >= 0.6 is 0 Å². The zero-order valence-corrected chi connectivity index (χ0v) is 15.8. The van der Waals surface area contributed by atoms with Gasteiger partial charge in [-0.25, -0.2) is 4.39 Å². The first kappa shape index (κ1) is 19.8. The van der Waals surface area contributed by atoms with Crippen molar-refractivity contribution in [2.75, 3.05) is 20.3 Å². The summed E-state index contributed by atoms with van der Waals surface area (Å²) in [7, 11) is 1.55. The standard InChI is InChI=1S/C22H22FNO4/c1-14-7-9-15(10-8-14)20(25)18-19(16-5-3-6-17(23)13-16)24(11-4-12-28-2)22(27)21(18)26/h3,5-10,13,19,25H,4,11-12H2,1-2H3/t19-/m1/s1. The third kappa shape index (κ3) is 3.82. The molecular weight excluding hydrogens is 361 g/mol. The molecule has 146 valence electrons. The average molecular weight is 383 g/mol. The van der Waals surface area contributed by atoms with Crippen molar-refractivity contribution in [2.24, 2.45) is 0 Å². The maximum Gasteiger partial charge on any atom is 0.295 e. The van der Waals surface area contributed by atoms with Gasteiger partial charge in [0.05, 0.1) is 11.6 Å². The highest BCUT2D eigenvalue weighted by molar-refractivity contribution is 6.46. The summed E-state index contributed by atoms with van der Waals surface area (Å²) in [6, 6.07) is 11.9. The van der Waals surface area contributed by atoms with Gasteiger partial charge in [-0.1, -0.05) is 42.0 Å². The van der Waals surface area contributed by atoms with Crippen LogP contribution in [0.25, 0.3) is 5.76 Å². The van der Waals surface area contributed by atoms with E-state index in [2.05, 4.69) is 0 Å². The highest BCUT2D eigenvalue weighted by Crippen LogP contribution is 2.39. The number of aryl methyl sites for hydroxylation is 1. The number of halogens is 1. The first-order valence-corrected chi connectivity index (χ1v) is 9.04. The number of benzene rings is 2. The van der Waals surface area contributed by atoms with Gasteiger partial charge in [-0.15, -0.1) is 0 Å². The molecule has 0 bridgehead atoms. The number of rotatable bonds is 6. The maximum absolute atomic E-state index is 13.9. The minimum atomic E-state index is -0.853. The van der Waals surface area contributed by atoms with Gasteiger partial charge in [-0.2, -0.15) is 0 Å². The number of hydrogen-bond donors (Lipinski definition) is 1. The van der Waals surface area contributed by atoms with E-state index in [0.717, 1.165) is 5.56 Å². The number of ketones is 1. The largest absolute Gasteiger partial charge is 0.507 e. The molecule has 0 spiro atoms. The molecule has 1 aliphatic rings. The third-order valence-corrected chi connectivity index (χ3v) is 4.78. The number of nitrogens with zero attached hydrogens (tertiary/aromatic N) is 1. The Morgan fingerprint density at radius 2 is 1.89 bits per heavy atom. The second-order valence-electron chi connectivity index (χ2n) is 6.76. The summed E-state index contributed by atoms with van der Waals surface area (Å²) < 4.78 is 18.9. The van der Waals surface area contributed by atoms with Gasteiger partial charge in [0, 0.05) is 25.8 Å². The van der Waals surface area contributed by atoms with E-state index in [4.69, 9.17) is 4.74 Å². The predicted octanol–water partition coefficient (Wildman–Crippen LogP) is 3.59. The molecule has 1 N–H and O–H groups in total. The quantitative estimate of drug-likeness (QED) is 0.358. The molecule has 5 nitrogen and oxygen atoms in total. The molecule has 0 aliphatic carbocycles. The molecule has 0 radical (unpaired) electrons. The van der Waals surface area contributed by atoms with Gasteiger partial charge in [-0.3, -0.25) is 9.59 Å². The molecule has 1 aliphatic heterocycles. The number of amides is 1. The molecule has 1 amide bonds. The monoisotopic (exact) mass is 383 g/mol. The molecule has 28 heavy (non-hydrogen) atoms. The molecule has 6 heteroatoms. The molecule has 1 heterocycles. The van der Waals surface area contributed by atoms with Crippen LogP contribution in [0.5, 0.6) is 0 Å². The molecule has 1 atom stereocenters. The van der Waals surface area contributed by atoms with Crippen LogP contribution in [0.1, 0.15) is 29.2 Å². The number of hydrogen-bond acceptors (Lipinski definition) is 4. The fourth-order valence-corrected chi connectivity index (χ4v) is 3.38. The molecule has 1 fully saturated rings. The molecule has 2 aromatic carbocycles. The van der Waals surface area contributed by atoms with Crippen molar-refractivity contribution in [3.05, 3.63) is 76.6 Å². The topological polar surface area (TPSA) is 66.8 Å². The van der Waals surface area contributed by atoms with Gasteiger partial charge in [-0.05, 0) is 31.0 Å². The summed E-state index contributed by atoms with van der Waals surface area (Å²) >= 11 is 0. The number of aliphatic hydroxyl groups is 1. The summed E-state index contributed by atoms with van der Waals surface area (Å²) in [6.07, 6.45) is 0.514. The highest BCUT2D eigenvalue weighted by atomic mass is 19.1. The summed E-state index contributed by atoms with van der Waals surface area (Å²) in [4.78, 5) is 26.8. The minimum Gasteiger partial charge on any atom is -0.507 e. The van der Waals surface area contributed by atoms with E-state index in [1.807, 2.05) is 6.92 Å². The number of ether oxygens (including phenoxy) is 1. The summed E-state index contributed by atoms with van der Waals surface area (Å²) in [5.74, 6) is -2.22. The van der Waals surface area contributed by atoms with E-state index in [1.54, 1.807) is 37.4 Å². The van der Waals surface area contributed by atoms with Gasteiger partial charge >= 0.3 is 0 Å². The van der Waals surface area contributed by atoms with Gasteiger partial charge in [0.15, 0.2) is 0 Å². The Labute approximate surface area is 163 Å². The highest BCUT2D eigenvalue weighted by Gasteiger charge is 2.45. The minimum absolute atomic E-state index is 0.0307. The molecule has 3 rings (SSSR count). The normalized spacial score (nSPS) is 18.7. The molecule has 0 saturated carbocycles. The van der Waals surface area contributed by atoms with E-state index >= 15 is 0 Å². The number of carbonyl (C=O) groups excluding carboxylic acids is 2. The lowest BCUT2D eigenvalue weighted by Crippen LogP contribution is -2.31. The van der Waals surface area contributed by atoms with E-state index in [1.165, 1.54) is 23.1 Å². The number of Topliss-reactive ketones (excluding diaryl/α,β-unsaturated/α-hetero) is 1. The van der Waals surface area contributed by atoms with Crippen molar-refractivity contribution in [3.63, 3.8) is 0 Å². The van der Waals surface area contributed by atoms with E-state index in [0.29, 0.717) is 24.2 Å². The van der Waals surface area contributed by atoms with Crippen molar-refractivity contribution >= 4 is 17.4 Å². The van der Waals surface area contributed by atoms with Crippen LogP contribution in [0, 0.1) is 12.7 Å². The lowest BCUT2D eigenvalue weighted by molar-refractivity contribution is -0.140. The van der Waals surface area contributed by atoms with E-state index in [-0.39, 0.29) is 17.9 Å². The summed E-state index contributed by atoms with van der Waals surface area (Å²) in [5.41, 5.74) is 1.84. The maximum atomic E-state index is 13.9. The summed E-state index contributed by atoms with van der Waals surface area (Å²) in [5, 5.41) is 10.9. The average Bonchev–Trinajstić information content (AvgIpc) is 2.93. The summed E-state index contributed by atoms with van der Waals surface area (Å²) in [6.45, 7) is 2.58. The number of carbonyl (C=O) groups is 2. The van der Waals surface area contributed by atoms with Gasteiger partial charge in [0.2, 0.25) is 0 Å². The number of likely N-dealkylation sites (tertiary alicyclic amines) is 1. The molecule has 1 saturated heterocycles. The Balaban J connectivity index is 2.12. The third-order valence-electron chi connectivity index (χ3n) is 4.78. The first-order valence-electron chi connectivity index (χ1n) is 9.04. The second kappa shape index (κ2) is 8.35. The lowest BCUT2D eigenvalue weighted by Gasteiger charge is -2.25. The smallest absolute Gasteiger partial charge is 0.295 e. The van der Waals surface area contributed by atoms with Crippen LogP contribution in [-0.4, -0.2) is 42.0 Å². The van der Waals surface area contributed by atoms with Crippen LogP contribution in [0.15, 0.2) is 54.1 Å². The van der Waals surface area contributed by atoms with E-state index in [9.17, 15) is 19.1 Å². The molecular formula is C22H22FNO4. The Morgan fingerprint density at radius 3 is 2.54 bits per heavy atom. The van der Waals surface area contributed by atoms with Gasteiger partial charge in [0.25, 0.3) is 11.7 Å². The lowest BCUT2D eigenvalue weighted by atomic mass is 9.95. The van der Waals surface area contributed by atoms with Crippen molar-refractivity contribution in [2.45, 2.75) is 19.4 Å². The number of methoxy groups -OCH3 is 1. The fraction of sp³-hybridized carbons (Fsp3) is 0.273. The SMILES string of the molecule is COCCCN1C(=O)C(=O)C(=C(O)c2ccc(C)cc2)[C@H]1c1cccc(F)c1. The second-order valence-corrected chi connectivity index (χ2v) is 6.76. The van der Waals surface area contributed by atoms with Gasteiger partial charge in [0.1, 0.15) is 11.6 Å². The molecule has 0 unspecified atom stereocenters. The van der Waals surface area contributed by atoms with Crippen molar-refractivity contribution < 1.29 is 23.8 Å². The Kier molecular flexibility index (Phi) is 5.90. The molecule has 0 aromatic heterocycles. The van der Waals surface area contributed by atoms with Crippen molar-refractivity contribution in [1.29, 1.82) is 0 Å². The van der Waals surface area contributed by atoms with Crippen LogP contribution in [0.2, 0.25) is 0 Å². The molecule has 2 aromatic rings. The first-order chi connectivity index (χ1) is 13.4. The zero-order valence-electron chi connectivity index (χ0n) is 15.8. The van der Waals surface area contributed by atoms with Gasteiger partial charge < -0.3 is 14.7 Å². The predicted molar refractivity (Wildman–Crippen MR) is 103 cm³/mol. The van der Waals surface area contributed by atoms with Crippen LogP contribution in [0.3, 0.4) is 0 Å². The Bertz CT molecular complexity index is 920. The van der Waals surface area contributed by atoms with Crippen molar-refractivity contribution in [1.82, 2.24) is 4.90 Å². The Hall–Kier alpha value is -2.99. The number of aliphatic hydroxyl groups excluding tert-OH is 1. The van der Waals surface area contributed by atoms with E-state index < -0.39 is 23.5 Å². The zero-order chi connectivity index (χ0) is 20.3. The Morgan fingerprint density at radius 1 is 1.18 bits per heavy atom. The van der Waals surface area contributed by atoms with Crippen molar-refractivity contribution in [3.8, 4) is 0 Å². The van der Waals surface area contributed by atoms with Crippen LogP contribution < -0.4 is 0 Å². The fourth-order valence-electron chi connectivity index (χ4n) is 3.38. The van der Waals surface area contributed by atoms with Crippen LogP contribution in [0.4, 0.5) is 4.39 Å². The van der Waals surface area contributed by atoms with Crippen LogP contribution in [-0.2, 0) is 14.3 Å².